The van der Waals surface area contributed by atoms with Crippen LogP contribution in [0, 0.1) is 0 Å². The lowest BCUT2D eigenvalue weighted by molar-refractivity contribution is 0.0952. The second-order valence-corrected chi connectivity index (χ2v) is 4.48. The first-order valence-corrected chi connectivity index (χ1v) is 6.65. The van der Waals surface area contributed by atoms with Gasteiger partial charge in [-0.05, 0) is 30.7 Å². The van der Waals surface area contributed by atoms with Gasteiger partial charge in [-0.2, -0.15) is 0 Å². The van der Waals surface area contributed by atoms with Gasteiger partial charge in [-0.1, -0.05) is 36.4 Å². The van der Waals surface area contributed by atoms with Gasteiger partial charge in [0.1, 0.15) is 0 Å². The third-order valence-corrected chi connectivity index (χ3v) is 3.26. The van der Waals surface area contributed by atoms with Gasteiger partial charge in [0.2, 0.25) is 0 Å². The van der Waals surface area contributed by atoms with Crippen molar-refractivity contribution in [3.8, 4) is 0 Å². The maximum absolute atomic E-state index is 11.8. The highest BCUT2D eigenvalue weighted by molar-refractivity contribution is 5.95. The van der Waals surface area contributed by atoms with Crippen molar-refractivity contribution < 1.29 is 4.79 Å². The average Bonchev–Trinajstić information content (AvgIpc) is 2.53. The molecule has 20 heavy (non-hydrogen) atoms. The molecule has 0 saturated heterocycles. The van der Waals surface area contributed by atoms with Crippen LogP contribution < -0.4 is 16.2 Å². The Labute approximate surface area is 119 Å². The van der Waals surface area contributed by atoms with Gasteiger partial charge in [-0.25, -0.2) is 5.84 Å². The first-order valence-electron chi connectivity index (χ1n) is 6.65. The number of nitrogen functional groups attached to an aromatic ring is 1. The van der Waals surface area contributed by atoms with Gasteiger partial charge >= 0.3 is 0 Å². The van der Waals surface area contributed by atoms with Gasteiger partial charge in [0, 0.05) is 24.3 Å². The van der Waals surface area contributed by atoms with Crippen molar-refractivity contribution in [2.75, 3.05) is 11.4 Å². The number of carbonyl (C=O) groups excluding carboxylic acids is 1. The Morgan fingerprint density at radius 3 is 2.40 bits per heavy atom. The van der Waals surface area contributed by atoms with Crippen LogP contribution in [0.15, 0.2) is 54.6 Å². The number of rotatable bonds is 5. The Balaban J connectivity index is 2.26. The van der Waals surface area contributed by atoms with E-state index in [-0.39, 0.29) is 5.91 Å². The van der Waals surface area contributed by atoms with Crippen LogP contribution in [0.5, 0.6) is 0 Å². The topological polar surface area (TPSA) is 58.4 Å². The van der Waals surface area contributed by atoms with Gasteiger partial charge in [0.05, 0.1) is 0 Å². The van der Waals surface area contributed by atoms with Crippen LogP contribution in [-0.4, -0.2) is 12.5 Å². The first kappa shape index (κ1) is 14.1. The smallest absolute Gasteiger partial charge is 0.265 e. The summed E-state index contributed by atoms with van der Waals surface area (Å²) in [5.74, 6) is 4.97. The number of hydrogen-bond acceptors (Lipinski definition) is 3. The van der Waals surface area contributed by atoms with E-state index in [4.69, 9.17) is 5.84 Å². The molecule has 0 fully saturated rings. The molecular formula is C16H19N3O. The summed E-state index contributed by atoms with van der Waals surface area (Å²) >= 11 is 0. The van der Waals surface area contributed by atoms with Crippen LogP contribution in [-0.2, 0) is 6.54 Å². The molecule has 0 aliphatic heterocycles. The second kappa shape index (κ2) is 6.73. The highest BCUT2D eigenvalue weighted by Gasteiger charge is 2.12. The van der Waals surface area contributed by atoms with E-state index in [0.717, 1.165) is 17.8 Å². The van der Waals surface area contributed by atoms with Crippen molar-refractivity contribution in [1.82, 2.24) is 5.43 Å². The summed E-state index contributed by atoms with van der Waals surface area (Å²) in [4.78, 5) is 14.0. The molecule has 2 aromatic carbocycles. The van der Waals surface area contributed by atoms with Crippen molar-refractivity contribution >= 4 is 11.6 Å². The third kappa shape index (κ3) is 3.16. The van der Waals surface area contributed by atoms with Gasteiger partial charge in [0.15, 0.2) is 0 Å². The summed E-state index contributed by atoms with van der Waals surface area (Å²) in [6.07, 6.45) is 0. The Morgan fingerprint density at radius 2 is 1.75 bits per heavy atom. The zero-order valence-electron chi connectivity index (χ0n) is 11.5. The lowest BCUT2D eigenvalue weighted by atomic mass is 10.1. The van der Waals surface area contributed by atoms with Crippen LogP contribution in [0.3, 0.4) is 0 Å². The van der Waals surface area contributed by atoms with Crippen LogP contribution in [0.4, 0.5) is 5.69 Å². The monoisotopic (exact) mass is 269 g/mol. The molecule has 1 amide bonds. The summed E-state index contributed by atoms with van der Waals surface area (Å²) in [5, 5.41) is 0. The molecule has 0 bridgehead atoms. The molecule has 0 aromatic heterocycles. The summed E-state index contributed by atoms with van der Waals surface area (Å²) in [6.45, 7) is 3.63. The van der Waals surface area contributed by atoms with E-state index in [1.54, 1.807) is 6.07 Å². The lowest BCUT2D eigenvalue weighted by Gasteiger charge is -2.24. The van der Waals surface area contributed by atoms with Crippen molar-refractivity contribution in [3.05, 3.63) is 65.7 Å². The fourth-order valence-electron chi connectivity index (χ4n) is 2.19. The number of para-hydroxylation sites is 1. The Bertz CT molecular complexity index is 569. The number of benzene rings is 2. The largest absolute Gasteiger partial charge is 0.367 e. The van der Waals surface area contributed by atoms with Crippen molar-refractivity contribution in [3.63, 3.8) is 0 Å². The molecule has 104 valence electrons. The highest BCUT2D eigenvalue weighted by Crippen LogP contribution is 2.18. The quantitative estimate of drug-likeness (QED) is 0.497. The predicted octanol–water partition coefficient (Wildman–Crippen LogP) is 2.32. The number of anilines is 1. The number of carbonyl (C=O) groups is 1. The Morgan fingerprint density at radius 1 is 1.10 bits per heavy atom. The van der Waals surface area contributed by atoms with Gasteiger partial charge in [0.25, 0.3) is 5.91 Å². The maximum atomic E-state index is 11.8. The SMILES string of the molecule is CCN(Cc1ccccc1C(=O)NN)c1ccccc1. The number of amides is 1. The predicted molar refractivity (Wildman–Crippen MR) is 81.3 cm³/mol. The molecule has 0 spiro atoms. The van der Waals surface area contributed by atoms with Crippen LogP contribution in [0.25, 0.3) is 0 Å². The summed E-state index contributed by atoms with van der Waals surface area (Å²) in [6, 6.07) is 17.7. The van der Waals surface area contributed by atoms with E-state index in [9.17, 15) is 4.79 Å². The van der Waals surface area contributed by atoms with Gasteiger partial charge in [-0.3, -0.25) is 10.2 Å². The van der Waals surface area contributed by atoms with E-state index in [1.165, 1.54) is 0 Å². The Hall–Kier alpha value is -2.33. The third-order valence-electron chi connectivity index (χ3n) is 3.26. The molecule has 2 aromatic rings. The summed E-state index contributed by atoms with van der Waals surface area (Å²) < 4.78 is 0. The number of nitrogens with one attached hydrogen (secondary N) is 1. The van der Waals surface area contributed by atoms with E-state index >= 15 is 0 Å². The van der Waals surface area contributed by atoms with Crippen molar-refractivity contribution in [2.45, 2.75) is 13.5 Å². The fourth-order valence-corrected chi connectivity index (χ4v) is 2.19. The lowest BCUT2D eigenvalue weighted by Crippen LogP contribution is -2.32. The second-order valence-electron chi connectivity index (χ2n) is 4.48. The molecule has 4 heteroatoms. The van der Waals surface area contributed by atoms with Gasteiger partial charge < -0.3 is 4.90 Å². The molecule has 0 saturated carbocycles. The fraction of sp³-hybridized carbons (Fsp3) is 0.188. The molecule has 3 N–H and O–H groups in total. The van der Waals surface area contributed by atoms with Crippen LogP contribution >= 0.6 is 0 Å². The Kier molecular flexibility index (Phi) is 4.74. The van der Waals surface area contributed by atoms with Crippen molar-refractivity contribution in [2.24, 2.45) is 5.84 Å². The van der Waals surface area contributed by atoms with E-state index in [0.29, 0.717) is 12.1 Å². The standard InChI is InChI=1S/C16H19N3O/c1-2-19(14-9-4-3-5-10-14)12-13-8-6-7-11-15(13)16(20)18-17/h3-11H,2,12,17H2,1H3,(H,18,20). The molecule has 4 nitrogen and oxygen atoms in total. The molecular weight excluding hydrogens is 250 g/mol. The van der Waals surface area contributed by atoms with Crippen LogP contribution in [0.2, 0.25) is 0 Å². The summed E-state index contributed by atoms with van der Waals surface area (Å²) in [5.41, 5.74) is 4.91. The number of nitrogens with zero attached hydrogens (tertiary/aromatic N) is 1. The molecule has 0 unspecified atom stereocenters. The molecule has 0 aliphatic rings. The van der Waals surface area contributed by atoms with Gasteiger partial charge in [-0.15, -0.1) is 0 Å². The minimum Gasteiger partial charge on any atom is -0.367 e. The summed E-state index contributed by atoms with van der Waals surface area (Å²) in [7, 11) is 0. The molecule has 0 atom stereocenters. The highest BCUT2D eigenvalue weighted by atomic mass is 16.2. The van der Waals surface area contributed by atoms with E-state index in [1.807, 2.05) is 36.4 Å². The number of hydrazine groups is 1. The van der Waals surface area contributed by atoms with Crippen LogP contribution in [0.1, 0.15) is 22.8 Å². The molecule has 0 aliphatic carbocycles. The zero-order chi connectivity index (χ0) is 14.4. The van der Waals surface area contributed by atoms with E-state index in [2.05, 4.69) is 29.4 Å². The number of nitrogens with two attached hydrogens (primary N) is 1. The minimum atomic E-state index is -0.260. The normalized spacial score (nSPS) is 10.1. The molecule has 0 radical (unpaired) electrons. The first-order chi connectivity index (χ1) is 9.76. The minimum absolute atomic E-state index is 0.260. The zero-order valence-corrected chi connectivity index (χ0v) is 11.5. The van der Waals surface area contributed by atoms with E-state index < -0.39 is 0 Å². The maximum Gasteiger partial charge on any atom is 0.265 e. The molecule has 2 rings (SSSR count). The number of hydrogen-bond donors (Lipinski definition) is 2. The average molecular weight is 269 g/mol. The molecule has 0 heterocycles. The van der Waals surface area contributed by atoms with Crippen molar-refractivity contribution in [1.29, 1.82) is 0 Å².